The fraction of sp³-hybridized carbons (Fsp3) is 0.538. The molecule has 5 heteroatoms. The lowest BCUT2D eigenvalue weighted by Gasteiger charge is -2.19. The van der Waals surface area contributed by atoms with Gasteiger partial charge < -0.3 is 15.5 Å². The van der Waals surface area contributed by atoms with Gasteiger partial charge in [0.05, 0.1) is 6.54 Å². The number of nitrogens with one attached hydrogen (secondary N) is 2. The monoisotopic (exact) mass is 250 g/mol. The highest BCUT2D eigenvalue weighted by atomic mass is 16.2. The molecular formula is C13H22N4O. The molecule has 1 aromatic heterocycles. The van der Waals surface area contributed by atoms with E-state index in [1.165, 1.54) is 0 Å². The van der Waals surface area contributed by atoms with Crippen LogP contribution in [0, 0.1) is 0 Å². The number of rotatable bonds is 7. The zero-order valence-corrected chi connectivity index (χ0v) is 11.4. The molecule has 0 atom stereocenters. The van der Waals surface area contributed by atoms with Gasteiger partial charge in [-0.3, -0.25) is 4.79 Å². The molecular weight excluding hydrogens is 228 g/mol. The Bertz CT molecular complexity index is 377. The Balaban J connectivity index is 2.52. The number of carbonyl (C=O) groups is 1. The van der Waals surface area contributed by atoms with Gasteiger partial charge in [0.15, 0.2) is 0 Å². The predicted molar refractivity (Wildman–Crippen MR) is 74.8 cm³/mol. The maximum absolute atomic E-state index is 11.8. The van der Waals surface area contributed by atoms with Gasteiger partial charge in [-0.05, 0) is 26.8 Å². The van der Waals surface area contributed by atoms with E-state index in [9.17, 15) is 4.79 Å². The van der Waals surface area contributed by atoms with Gasteiger partial charge in [-0.15, -0.1) is 0 Å². The summed E-state index contributed by atoms with van der Waals surface area (Å²) < 4.78 is 0. The van der Waals surface area contributed by atoms with E-state index in [-0.39, 0.29) is 5.91 Å². The van der Waals surface area contributed by atoms with Crippen LogP contribution < -0.4 is 10.6 Å². The lowest BCUT2D eigenvalue weighted by molar-refractivity contribution is -0.128. The lowest BCUT2D eigenvalue weighted by atomic mass is 10.3. The zero-order valence-electron chi connectivity index (χ0n) is 11.4. The van der Waals surface area contributed by atoms with E-state index in [4.69, 9.17) is 0 Å². The largest absolute Gasteiger partial charge is 0.376 e. The topological polar surface area (TPSA) is 57.3 Å². The molecule has 0 bridgehead atoms. The van der Waals surface area contributed by atoms with Crippen molar-refractivity contribution < 1.29 is 4.79 Å². The van der Waals surface area contributed by atoms with Crippen molar-refractivity contribution in [3.8, 4) is 0 Å². The van der Waals surface area contributed by atoms with E-state index in [0.717, 1.165) is 31.1 Å². The van der Waals surface area contributed by atoms with Gasteiger partial charge in [-0.1, -0.05) is 0 Å². The van der Waals surface area contributed by atoms with Gasteiger partial charge in [0.1, 0.15) is 5.82 Å². The number of anilines is 2. The maximum Gasteiger partial charge on any atom is 0.241 e. The third-order valence-electron chi connectivity index (χ3n) is 2.68. The predicted octanol–water partition coefficient (Wildman–Crippen LogP) is 1.79. The molecule has 0 saturated heterocycles. The maximum atomic E-state index is 11.8. The fourth-order valence-corrected chi connectivity index (χ4v) is 1.68. The first-order valence-electron chi connectivity index (χ1n) is 6.42. The number of aromatic nitrogens is 1. The van der Waals surface area contributed by atoms with Crippen molar-refractivity contribution in [2.24, 2.45) is 0 Å². The molecule has 0 spiro atoms. The van der Waals surface area contributed by atoms with Crippen molar-refractivity contribution in [2.45, 2.75) is 20.8 Å². The third-order valence-corrected chi connectivity index (χ3v) is 2.68. The summed E-state index contributed by atoms with van der Waals surface area (Å²) in [7, 11) is 0. The van der Waals surface area contributed by atoms with Crippen molar-refractivity contribution in [1.82, 2.24) is 9.88 Å². The number of nitrogens with zero attached hydrogens (tertiary/aromatic N) is 2. The van der Waals surface area contributed by atoms with Gasteiger partial charge in [-0.25, -0.2) is 4.98 Å². The summed E-state index contributed by atoms with van der Waals surface area (Å²) in [5.74, 6) is 0.930. The summed E-state index contributed by atoms with van der Waals surface area (Å²) in [6.07, 6.45) is 1.72. The molecule has 18 heavy (non-hydrogen) atoms. The second-order valence-corrected chi connectivity index (χ2v) is 3.88. The molecule has 0 aliphatic heterocycles. The summed E-state index contributed by atoms with van der Waals surface area (Å²) in [6, 6.07) is 3.76. The second-order valence-electron chi connectivity index (χ2n) is 3.88. The summed E-state index contributed by atoms with van der Waals surface area (Å²) >= 11 is 0. The van der Waals surface area contributed by atoms with Crippen LogP contribution >= 0.6 is 0 Å². The van der Waals surface area contributed by atoms with Crippen LogP contribution in [0.15, 0.2) is 18.3 Å². The summed E-state index contributed by atoms with van der Waals surface area (Å²) in [4.78, 5) is 17.8. The number of likely N-dealkylation sites (N-methyl/N-ethyl adjacent to an activating group) is 1. The minimum atomic E-state index is 0.113. The van der Waals surface area contributed by atoms with Gasteiger partial charge in [0.2, 0.25) is 5.91 Å². The molecule has 0 unspecified atom stereocenters. The summed E-state index contributed by atoms with van der Waals surface area (Å²) in [6.45, 7) is 8.62. The van der Waals surface area contributed by atoms with Crippen LogP contribution in [0.2, 0.25) is 0 Å². The Morgan fingerprint density at radius 3 is 2.61 bits per heavy atom. The van der Waals surface area contributed by atoms with E-state index in [2.05, 4.69) is 15.6 Å². The third kappa shape index (κ3) is 4.24. The van der Waals surface area contributed by atoms with Gasteiger partial charge >= 0.3 is 0 Å². The smallest absolute Gasteiger partial charge is 0.241 e. The second kappa shape index (κ2) is 7.53. The summed E-state index contributed by atoms with van der Waals surface area (Å²) in [5, 5.41) is 6.26. The molecule has 100 valence electrons. The normalized spacial score (nSPS) is 9.94. The Morgan fingerprint density at radius 2 is 2.00 bits per heavy atom. The first-order chi connectivity index (χ1) is 8.71. The number of carbonyl (C=O) groups excluding carboxylic acids is 1. The van der Waals surface area contributed by atoms with Crippen LogP contribution in [0.5, 0.6) is 0 Å². The van der Waals surface area contributed by atoms with Crippen LogP contribution in [0.25, 0.3) is 0 Å². The van der Waals surface area contributed by atoms with Crippen LogP contribution in [0.3, 0.4) is 0 Å². The molecule has 1 heterocycles. The Kier molecular flexibility index (Phi) is 5.97. The van der Waals surface area contributed by atoms with Crippen LogP contribution in [-0.4, -0.2) is 42.0 Å². The van der Waals surface area contributed by atoms with Crippen molar-refractivity contribution in [1.29, 1.82) is 0 Å². The van der Waals surface area contributed by atoms with Crippen LogP contribution in [0.4, 0.5) is 11.5 Å². The summed E-state index contributed by atoms with van der Waals surface area (Å²) in [5.41, 5.74) is 0.904. The molecule has 0 aromatic carbocycles. The van der Waals surface area contributed by atoms with Gasteiger partial charge in [0.25, 0.3) is 0 Å². The molecule has 0 aliphatic rings. The minimum absolute atomic E-state index is 0.113. The average Bonchev–Trinajstić information content (AvgIpc) is 2.39. The van der Waals surface area contributed by atoms with E-state index in [0.29, 0.717) is 6.54 Å². The lowest BCUT2D eigenvalue weighted by Crippen LogP contribution is -2.35. The van der Waals surface area contributed by atoms with Crippen molar-refractivity contribution in [3.63, 3.8) is 0 Å². The van der Waals surface area contributed by atoms with E-state index in [1.54, 1.807) is 11.1 Å². The Morgan fingerprint density at radius 1 is 1.28 bits per heavy atom. The van der Waals surface area contributed by atoms with E-state index >= 15 is 0 Å². The SMILES string of the molecule is CCNc1cc(NCC(=O)N(CC)CC)ccn1. The van der Waals surface area contributed by atoms with Crippen molar-refractivity contribution in [3.05, 3.63) is 18.3 Å². The quantitative estimate of drug-likeness (QED) is 0.774. The highest BCUT2D eigenvalue weighted by Gasteiger charge is 2.08. The van der Waals surface area contributed by atoms with Crippen molar-refractivity contribution in [2.75, 3.05) is 36.8 Å². The average molecular weight is 250 g/mol. The fourth-order valence-electron chi connectivity index (χ4n) is 1.68. The highest BCUT2D eigenvalue weighted by molar-refractivity contribution is 5.80. The molecule has 0 fully saturated rings. The number of hydrogen-bond donors (Lipinski definition) is 2. The van der Waals surface area contributed by atoms with Gasteiger partial charge in [0, 0.05) is 37.6 Å². The van der Waals surface area contributed by atoms with Crippen molar-refractivity contribution >= 4 is 17.4 Å². The molecule has 0 aliphatic carbocycles. The Labute approximate surface area is 109 Å². The standard InChI is InChI=1S/C13H22N4O/c1-4-14-12-9-11(7-8-15-12)16-10-13(18)17(5-2)6-3/h7-9H,4-6,10H2,1-3H3,(H2,14,15,16). The van der Waals surface area contributed by atoms with E-state index in [1.807, 2.05) is 32.9 Å². The molecule has 1 amide bonds. The zero-order chi connectivity index (χ0) is 13.4. The van der Waals surface area contributed by atoms with E-state index < -0.39 is 0 Å². The molecule has 0 saturated carbocycles. The number of hydrogen-bond acceptors (Lipinski definition) is 4. The first-order valence-corrected chi connectivity index (χ1v) is 6.42. The highest BCUT2D eigenvalue weighted by Crippen LogP contribution is 2.11. The van der Waals surface area contributed by atoms with Crippen LogP contribution in [-0.2, 0) is 4.79 Å². The van der Waals surface area contributed by atoms with Crippen LogP contribution in [0.1, 0.15) is 20.8 Å². The molecule has 1 aromatic rings. The van der Waals surface area contributed by atoms with Gasteiger partial charge in [-0.2, -0.15) is 0 Å². The minimum Gasteiger partial charge on any atom is -0.376 e. The number of pyridine rings is 1. The molecule has 5 nitrogen and oxygen atoms in total. The molecule has 0 radical (unpaired) electrons. The Hall–Kier alpha value is -1.78. The first kappa shape index (κ1) is 14.3. The number of amides is 1. The molecule has 2 N–H and O–H groups in total. The molecule has 1 rings (SSSR count).